The highest BCUT2D eigenvalue weighted by Gasteiger charge is 2.01. The molecule has 0 aromatic carbocycles. The summed E-state index contributed by atoms with van der Waals surface area (Å²) in [4.78, 5) is 21.6. The van der Waals surface area contributed by atoms with Gasteiger partial charge in [0.15, 0.2) is 0 Å². The zero-order chi connectivity index (χ0) is 10.3. The Morgan fingerprint density at radius 1 is 1.14 bits per heavy atom. The highest BCUT2D eigenvalue weighted by molar-refractivity contribution is 7.54. The summed E-state index contributed by atoms with van der Waals surface area (Å²) in [6.07, 6.45) is 0. The maximum absolute atomic E-state index is 10.9. The number of carbonyl (C=O) groups is 2. The van der Waals surface area contributed by atoms with Gasteiger partial charge in [-0.15, -0.1) is 0 Å². The van der Waals surface area contributed by atoms with Gasteiger partial charge in [0.1, 0.15) is 0 Å². The first kappa shape index (κ1) is 15.4. The first-order chi connectivity index (χ1) is 6.06. The number of urea groups is 2. The fourth-order valence-corrected chi connectivity index (χ4v) is 1.02. The van der Waals surface area contributed by atoms with Gasteiger partial charge in [-0.3, -0.25) is 0 Å². The number of hydrogen-bond donors (Lipinski definition) is 4. The molecule has 0 unspecified atom stereocenters. The fraction of sp³-hybridized carbons (Fsp3) is 0.667. The van der Waals surface area contributed by atoms with Crippen molar-refractivity contribution in [2.45, 2.75) is 0 Å². The number of amides is 4. The average molecular weight is 224 g/mol. The second kappa shape index (κ2) is 8.52. The molecule has 0 spiro atoms. The third-order valence-corrected chi connectivity index (χ3v) is 1.70. The largest absolute Gasteiger partial charge is 0.412 e. The van der Waals surface area contributed by atoms with Crippen LogP contribution in [0.1, 0.15) is 0 Å². The SMILES string of the molecule is CNC(=O)NCNC(=O)NP(C)C.O. The van der Waals surface area contributed by atoms with Crippen molar-refractivity contribution in [3.05, 3.63) is 0 Å². The first-order valence-electron chi connectivity index (χ1n) is 3.73. The maximum atomic E-state index is 10.9. The van der Waals surface area contributed by atoms with E-state index in [9.17, 15) is 9.59 Å². The Hall–Kier alpha value is -1.07. The van der Waals surface area contributed by atoms with Crippen molar-refractivity contribution in [2.24, 2.45) is 0 Å². The molecular weight excluding hydrogens is 207 g/mol. The summed E-state index contributed by atoms with van der Waals surface area (Å²) in [5, 5.41) is 9.93. The molecule has 0 saturated carbocycles. The number of nitrogens with one attached hydrogen (secondary N) is 4. The van der Waals surface area contributed by atoms with Crippen molar-refractivity contribution in [1.29, 1.82) is 0 Å². The van der Waals surface area contributed by atoms with Crippen LogP contribution in [0, 0.1) is 0 Å². The molecule has 0 atom stereocenters. The Bertz CT molecular complexity index is 188. The molecule has 0 heterocycles. The highest BCUT2D eigenvalue weighted by atomic mass is 31.1. The van der Waals surface area contributed by atoms with E-state index in [2.05, 4.69) is 21.0 Å². The third-order valence-electron chi connectivity index (χ3n) is 1.05. The van der Waals surface area contributed by atoms with Gasteiger partial charge in [0.2, 0.25) is 0 Å². The Kier molecular flexibility index (Phi) is 9.38. The van der Waals surface area contributed by atoms with Crippen LogP contribution in [0.4, 0.5) is 9.59 Å². The number of carbonyl (C=O) groups excluding carboxylic acids is 2. The molecule has 0 aliphatic rings. The highest BCUT2D eigenvalue weighted by Crippen LogP contribution is 2.15. The Labute approximate surface area is 84.1 Å². The molecule has 0 bridgehead atoms. The molecule has 0 aliphatic carbocycles. The minimum atomic E-state index is -0.466. The van der Waals surface area contributed by atoms with Gasteiger partial charge in [0, 0.05) is 7.05 Å². The van der Waals surface area contributed by atoms with E-state index in [4.69, 9.17) is 0 Å². The van der Waals surface area contributed by atoms with Gasteiger partial charge in [-0.25, -0.2) is 9.59 Å². The zero-order valence-corrected chi connectivity index (χ0v) is 9.37. The maximum Gasteiger partial charge on any atom is 0.319 e. The van der Waals surface area contributed by atoms with E-state index in [1.54, 1.807) is 0 Å². The van der Waals surface area contributed by atoms with E-state index in [1.165, 1.54) is 7.05 Å². The van der Waals surface area contributed by atoms with Crippen LogP contribution in [0.5, 0.6) is 0 Å². The standard InChI is InChI=1S/C6H15N4O2P.H2O/c1-7-5(11)8-4-9-6(12)10-13(2)3;/h4H2,1-3H3,(H2,7,8,11)(H2,9,10,12);1H2. The summed E-state index contributed by atoms with van der Waals surface area (Å²) < 4.78 is 0. The zero-order valence-electron chi connectivity index (χ0n) is 8.47. The van der Waals surface area contributed by atoms with Gasteiger partial charge in [0.05, 0.1) is 6.67 Å². The quantitative estimate of drug-likeness (QED) is 0.364. The van der Waals surface area contributed by atoms with E-state index >= 15 is 0 Å². The molecule has 0 saturated heterocycles. The summed E-state index contributed by atoms with van der Waals surface area (Å²) in [5.41, 5.74) is 0. The van der Waals surface area contributed by atoms with Crippen LogP contribution < -0.4 is 21.0 Å². The van der Waals surface area contributed by atoms with Crippen molar-refractivity contribution in [3.63, 3.8) is 0 Å². The summed E-state index contributed by atoms with van der Waals surface area (Å²) in [6, 6.07) is -0.594. The van der Waals surface area contributed by atoms with Crippen LogP contribution in [0.15, 0.2) is 0 Å². The number of hydrogen-bond acceptors (Lipinski definition) is 2. The van der Waals surface area contributed by atoms with Gasteiger partial charge in [0.25, 0.3) is 0 Å². The predicted octanol–water partition coefficient (Wildman–Crippen LogP) is -0.996. The topological polar surface area (TPSA) is 114 Å². The van der Waals surface area contributed by atoms with Gasteiger partial charge in [-0.1, -0.05) is 0 Å². The molecule has 0 fully saturated rings. The van der Waals surface area contributed by atoms with Crippen LogP contribution in [0.25, 0.3) is 0 Å². The molecule has 0 aromatic heterocycles. The van der Waals surface area contributed by atoms with E-state index in [1.807, 2.05) is 13.3 Å². The van der Waals surface area contributed by atoms with Crippen LogP contribution in [0.3, 0.4) is 0 Å². The molecule has 8 heteroatoms. The Morgan fingerprint density at radius 3 is 2.07 bits per heavy atom. The van der Waals surface area contributed by atoms with Crippen molar-refractivity contribution >= 4 is 20.1 Å². The smallest absolute Gasteiger partial charge is 0.319 e. The molecule has 7 nitrogen and oxygen atoms in total. The van der Waals surface area contributed by atoms with E-state index < -0.39 is 8.07 Å². The lowest BCUT2D eigenvalue weighted by Gasteiger charge is -2.10. The Morgan fingerprint density at radius 2 is 1.64 bits per heavy atom. The molecular formula is C6H17N4O3P. The van der Waals surface area contributed by atoms with Crippen LogP contribution in [0.2, 0.25) is 0 Å². The molecule has 0 rings (SSSR count). The first-order valence-corrected chi connectivity index (χ1v) is 5.97. The van der Waals surface area contributed by atoms with Crippen molar-refractivity contribution < 1.29 is 15.1 Å². The van der Waals surface area contributed by atoms with E-state index in [0.29, 0.717) is 0 Å². The van der Waals surface area contributed by atoms with Crippen molar-refractivity contribution in [1.82, 2.24) is 21.0 Å². The summed E-state index contributed by atoms with van der Waals surface area (Å²) in [7, 11) is 1.04. The van der Waals surface area contributed by atoms with Crippen LogP contribution in [-0.4, -0.2) is 44.6 Å². The van der Waals surface area contributed by atoms with E-state index in [0.717, 1.165) is 0 Å². The van der Waals surface area contributed by atoms with Crippen molar-refractivity contribution in [3.8, 4) is 0 Å². The number of rotatable bonds is 3. The molecule has 6 N–H and O–H groups in total. The van der Waals surface area contributed by atoms with Crippen LogP contribution >= 0.6 is 8.07 Å². The Balaban J connectivity index is 0. The third kappa shape index (κ3) is 9.02. The molecule has 4 amide bonds. The minimum absolute atomic E-state index is 0. The normalized spacial score (nSPS) is 8.57. The average Bonchev–Trinajstić information content (AvgIpc) is 2.02. The molecule has 14 heavy (non-hydrogen) atoms. The van der Waals surface area contributed by atoms with E-state index in [-0.39, 0.29) is 24.2 Å². The van der Waals surface area contributed by atoms with Gasteiger partial charge >= 0.3 is 12.1 Å². The molecule has 84 valence electrons. The summed E-state index contributed by atoms with van der Waals surface area (Å²) >= 11 is 0. The molecule has 0 aliphatic heterocycles. The summed E-state index contributed by atoms with van der Waals surface area (Å²) in [5.74, 6) is 0. The summed E-state index contributed by atoms with van der Waals surface area (Å²) in [6.45, 7) is 3.96. The second-order valence-corrected chi connectivity index (χ2v) is 4.46. The fourth-order valence-electron chi connectivity index (χ4n) is 0.536. The van der Waals surface area contributed by atoms with Crippen molar-refractivity contribution in [2.75, 3.05) is 27.0 Å². The minimum Gasteiger partial charge on any atom is -0.412 e. The monoisotopic (exact) mass is 224 g/mol. The molecule has 0 aromatic rings. The lowest BCUT2D eigenvalue weighted by Crippen LogP contribution is -2.43. The lowest BCUT2D eigenvalue weighted by atomic mass is 10.8. The van der Waals surface area contributed by atoms with Gasteiger partial charge in [-0.2, -0.15) is 0 Å². The molecule has 0 radical (unpaired) electrons. The lowest BCUT2D eigenvalue weighted by molar-refractivity contribution is 0.238. The second-order valence-electron chi connectivity index (χ2n) is 2.44. The van der Waals surface area contributed by atoms with Gasteiger partial charge < -0.3 is 26.5 Å². The van der Waals surface area contributed by atoms with Crippen LogP contribution in [-0.2, 0) is 0 Å². The van der Waals surface area contributed by atoms with Gasteiger partial charge in [-0.05, 0) is 21.4 Å². The predicted molar refractivity (Wildman–Crippen MR) is 56.5 cm³/mol.